The third-order valence-corrected chi connectivity index (χ3v) is 7.07. The summed E-state index contributed by atoms with van der Waals surface area (Å²) < 4.78 is 42.5. The summed E-state index contributed by atoms with van der Waals surface area (Å²) in [4.78, 5) is 24.0. The first kappa shape index (κ1) is 26.7. The Hall–Kier alpha value is -3.92. The highest BCUT2D eigenvalue weighted by atomic mass is 19.4. The number of likely N-dealkylation sites (tertiary alicyclic amines) is 1. The van der Waals surface area contributed by atoms with Gasteiger partial charge in [0.1, 0.15) is 5.82 Å². The van der Waals surface area contributed by atoms with Gasteiger partial charge in [0.05, 0.1) is 24.1 Å². The number of carbonyl (C=O) groups excluding carboxylic acids is 1. The summed E-state index contributed by atoms with van der Waals surface area (Å²) in [6.07, 6.45) is 0.396. The molecular formula is C29H29F3N5O2. The molecule has 0 saturated carbocycles. The fraction of sp³-hybridized carbons (Fsp3) is 0.345. The Morgan fingerprint density at radius 3 is 2.54 bits per heavy atom. The number of carbonyl (C=O) groups is 1. The van der Waals surface area contributed by atoms with Gasteiger partial charge >= 0.3 is 6.18 Å². The quantitative estimate of drug-likeness (QED) is 0.372. The van der Waals surface area contributed by atoms with Gasteiger partial charge in [-0.25, -0.2) is 15.3 Å². The number of methoxy groups -OCH3 is 1. The summed E-state index contributed by atoms with van der Waals surface area (Å²) >= 11 is 0. The molecule has 4 heterocycles. The summed E-state index contributed by atoms with van der Waals surface area (Å²) in [6, 6.07) is 15.2. The first-order chi connectivity index (χ1) is 18.8. The Kier molecular flexibility index (Phi) is 7.83. The number of pyridine rings is 2. The minimum atomic E-state index is -4.09. The number of nitrogens with one attached hydrogen (secondary N) is 1. The molecule has 1 N–H and O–H groups in total. The molecule has 0 aliphatic carbocycles. The van der Waals surface area contributed by atoms with Crippen LogP contribution in [0, 0.1) is 0 Å². The van der Waals surface area contributed by atoms with Crippen molar-refractivity contribution < 1.29 is 22.7 Å². The number of hydrogen-bond acceptors (Lipinski definition) is 6. The molecule has 0 bridgehead atoms. The van der Waals surface area contributed by atoms with E-state index in [1.807, 2.05) is 30.3 Å². The molecular weight excluding hydrogens is 507 g/mol. The summed E-state index contributed by atoms with van der Waals surface area (Å²) in [6.45, 7) is 2.07. The molecule has 2 aliphatic heterocycles. The first-order valence-electron chi connectivity index (χ1n) is 12.9. The van der Waals surface area contributed by atoms with E-state index < -0.39 is 12.6 Å². The van der Waals surface area contributed by atoms with E-state index in [9.17, 15) is 18.0 Å². The van der Waals surface area contributed by atoms with Crippen molar-refractivity contribution in [2.75, 3.05) is 32.1 Å². The van der Waals surface area contributed by atoms with E-state index in [4.69, 9.17) is 9.72 Å². The number of aromatic nitrogens is 2. The number of hydrogen-bond donors (Lipinski definition) is 1. The van der Waals surface area contributed by atoms with Crippen LogP contribution in [0.1, 0.15) is 53.1 Å². The lowest BCUT2D eigenvalue weighted by atomic mass is 9.89. The zero-order valence-corrected chi connectivity index (χ0v) is 21.5. The second-order valence-electron chi connectivity index (χ2n) is 9.72. The van der Waals surface area contributed by atoms with E-state index in [1.165, 1.54) is 11.8 Å². The van der Waals surface area contributed by atoms with Crippen LogP contribution in [0.4, 0.5) is 24.7 Å². The van der Waals surface area contributed by atoms with Crippen LogP contribution in [0.5, 0.6) is 5.88 Å². The van der Waals surface area contributed by atoms with E-state index in [0.29, 0.717) is 46.7 Å². The SMILES string of the molecule is COc1cccc(-c2cc3c(c(Nc4ccc(C5CCN(CCCC(F)(F)F)CC5)cc4)n2)C(=O)[N]C=C3)n1. The predicted molar refractivity (Wildman–Crippen MR) is 143 cm³/mol. The van der Waals surface area contributed by atoms with Crippen molar-refractivity contribution >= 4 is 23.5 Å². The summed E-state index contributed by atoms with van der Waals surface area (Å²) in [7, 11) is 1.55. The molecule has 1 fully saturated rings. The number of nitrogens with zero attached hydrogens (tertiary/aromatic N) is 4. The maximum absolute atomic E-state index is 12.7. The highest BCUT2D eigenvalue weighted by molar-refractivity contribution is 6.05. The fourth-order valence-electron chi connectivity index (χ4n) is 5.03. The van der Waals surface area contributed by atoms with Crippen molar-refractivity contribution in [1.29, 1.82) is 0 Å². The third kappa shape index (κ3) is 6.57. The van der Waals surface area contributed by atoms with Gasteiger partial charge < -0.3 is 15.0 Å². The lowest BCUT2D eigenvalue weighted by molar-refractivity contribution is -0.136. The largest absolute Gasteiger partial charge is 0.481 e. The molecule has 10 heteroatoms. The average Bonchev–Trinajstić information content (AvgIpc) is 2.93. The van der Waals surface area contributed by atoms with Crippen LogP contribution in [-0.4, -0.2) is 53.7 Å². The lowest BCUT2D eigenvalue weighted by Gasteiger charge is -2.32. The normalized spacial score (nSPS) is 16.1. The molecule has 2 aromatic heterocycles. The number of ether oxygens (including phenoxy) is 1. The molecule has 203 valence electrons. The van der Waals surface area contributed by atoms with Gasteiger partial charge in [-0.3, -0.25) is 4.79 Å². The number of fused-ring (bicyclic) bond motifs is 1. The van der Waals surface area contributed by atoms with E-state index in [0.717, 1.165) is 31.6 Å². The second kappa shape index (κ2) is 11.4. The monoisotopic (exact) mass is 536 g/mol. The number of amides is 1. The second-order valence-corrected chi connectivity index (χ2v) is 9.72. The van der Waals surface area contributed by atoms with Gasteiger partial charge in [-0.05, 0) is 86.3 Å². The predicted octanol–water partition coefficient (Wildman–Crippen LogP) is 6.15. The molecule has 3 aromatic rings. The molecule has 0 spiro atoms. The van der Waals surface area contributed by atoms with Crippen molar-refractivity contribution in [2.45, 2.75) is 37.8 Å². The molecule has 1 saturated heterocycles. The maximum atomic E-state index is 12.7. The van der Waals surface area contributed by atoms with E-state index in [2.05, 4.69) is 32.7 Å². The average molecular weight is 537 g/mol. The first-order valence-corrected chi connectivity index (χ1v) is 12.9. The van der Waals surface area contributed by atoms with Crippen molar-refractivity contribution in [1.82, 2.24) is 20.2 Å². The Labute approximate surface area is 225 Å². The van der Waals surface area contributed by atoms with E-state index >= 15 is 0 Å². The van der Waals surface area contributed by atoms with Crippen LogP contribution in [-0.2, 0) is 0 Å². The Bertz CT molecular complexity index is 1350. The van der Waals surface area contributed by atoms with Gasteiger partial charge in [-0.2, -0.15) is 13.2 Å². The molecule has 1 radical (unpaired) electrons. The minimum Gasteiger partial charge on any atom is -0.481 e. The van der Waals surface area contributed by atoms with Crippen LogP contribution in [0.3, 0.4) is 0 Å². The smallest absolute Gasteiger partial charge is 0.389 e. The number of anilines is 2. The van der Waals surface area contributed by atoms with Crippen LogP contribution in [0.15, 0.2) is 54.7 Å². The number of piperidine rings is 1. The van der Waals surface area contributed by atoms with Gasteiger partial charge in [-0.15, -0.1) is 0 Å². The van der Waals surface area contributed by atoms with Crippen LogP contribution in [0.2, 0.25) is 0 Å². The van der Waals surface area contributed by atoms with E-state index in [1.54, 1.807) is 19.3 Å². The number of halogens is 3. The highest BCUT2D eigenvalue weighted by Gasteiger charge is 2.28. The van der Waals surface area contributed by atoms with Crippen LogP contribution < -0.4 is 15.4 Å². The summed E-state index contributed by atoms with van der Waals surface area (Å²) in [5, 5.41) is 7.21. The van der Waals surface area contributed by atoms with Crippen LogP contribution in [0.25, 0.3) is 17.5 Å². The maximum Gasteiger partial charge on any atom is 0.389 e. The molecule has 1 amide bonds. The molecule has 7 nitrogen and oxygen atoms in total. The number of rotatable bonds is 8. The molecule has 1 aromatic carbocycles. The van der Waals surface area contributed by atoms with Crippen molar-refractivity contribution in [3.8, 4) is 17.3 Å². The van der Waals surface area contributed by atoms with Gasteiger partial charge in [0.15, 0.2) is 0 Å². The van der Waals surface area contributed by atoms with Crippen LogP contribution >= 0.6 is 0 Å². The molecule has 2 aliphatic rings. The van der Waals surface area contributed by atoms with Crippen molar-refractivity contribution in [3.05, 3.63) is 71.4 Å². The number of benzene rings is 1. The topological polar surface area (TPSA) is 81.5 Å². The lowest BCUT2D eigenvalue weighted by Crippen LogP contribution is -2.34. The molecule has 39 heavy (non-hydrogen) atoms. The summed E-state index contributed by atoms with van der Waals surface area (Å²) in [5.74, 6) is 0.846. The highest BCUT2D eigenvalue weighted by Crippen LogP contribution is 2.33. The fourth-order valence-corrected chi connectivity index (χ4v) is 5.03. The van der Waals surface area contributed by atoms with Crippen molar-refractivity contribution in [3.63, 3.8) is 0 Å². The van der Waals surface area contributed by atoms with Crippen molar-refractivity contribution in [2.24, 2.45) is 0 Å². The Morgan fingerprint density at radius 1 is 1.05 bits per heavy atom. The molecule has 5 rings (SSSR count). The summed E-state index contributed by atoms with van der Waals surface area (Å²) in [5.41, 5.74) is 4.26. The third-order valence-electron chi connectivity index (χ3n) is 7.07. The molecule has 0 unspecified atom stereocenters. The van der Waals surface area contributed by atoms with Gasteiger partial charge in [0.2, 0.25) is 5.88 Å². The Balaban J connectivity index is 1.29. The zero-order valence-electron chi connectivity index (χ0n) is 21.5. The Morgan fingerprint density at radius 2 is 1.82 bits per heavy atom. The molecule has 0 atom stereocenters. The van der Waals surface area contributed by atoms with Gasteiger partial charge in [-0.1, -0.05) is 18.2 Å². The standard InChI is InChI=1S/C29H29F3N5O2/c1-39-25-5-2-4-23(35-25)24-18-21-10-14-33-28(38)26(21)27(36-24)34-22-8-6-19(7-9-22)20-11-16-37(17-12-20)15-3-13-29(30,31)32/h2,4-10,14,18,20H,3,11-13,15-17H2,1H3,(H,34,36). The zero-order chi connectivity index (χ0) is 27.4. The van der Waals surface area contributed by atoms with Gasteiger partial charge in [0.25, 0.3) is 5.91 Å². The van der Waals surface area contributed by atoms with E-state index in [-0.39, 0.29) is 12.3 Å². The van der Waals surface area contributed by atoms with Gasteiger partial charge in [0, 0.05) is 24.4 Å². The number of alkyl halides is 3. The minimum absolute atomic E-state index is 0.146.